The fourth-order valence-corrected chi connectivity index (χ4v) is 2.05. The van der Waals surface area contributed by atoms with Crippen molar-refractivity contribution in [2.24, 2.45) is 0 Å². The molecular weight excluding hydrogens is 286 g/mol. The van der Waals surface area contributed by atoms with Gasteiger partial charge in [0.1, 0.15) is 0 Å². The molecule has 2 N–H and O–H groups in total. The first-order chi connectivity index (χ1) is 10.1. The van der Waals surface area contributed by atoms with Crippen LogP contribution in [0.5, 0.6) is 0 Å². The van der Waals surface area contributed by atoms with Crippen LogP contribution in [0, 0.1) is 11.3 Å². The number of hydrogen-bond acceptors (Lipinski definition) is 3. The van der Waals surface area contributed by atoms with Crippen LogP contribution in [-0.2, 0) is 11.3 Å². The van der Waals surface area contributed by atoms with Gasteiger partial charge in [0.05, 0.1) is 22.3 Å². The molecule has 4 nitrogen and oxygen atoms in total. The van der Waals surface area contributed by atoms with E-state index >= 15 is 0 Å². The third kappa shape index (κ3) is 4.23. The Balaban J connectivity index is 2.01. The molecule has 0 bridgehead atoms. The van der Waals surface area contributed by atoms with Gasteiger partial charge in [-0.15, -0.1) is 0 Å². The highest BCUT2D eigenvalue weighted by Crippen LogP contribution is 2.25. The maximum atomic E-state index is 11.0. The summed E-state index contributed by atoms with van der Waals surface area (Å²) in [4.78, 5) is 11.0. The quantitative estimate of drug-likeness (QED) is 0.903. The number of anilines is 2. The summed E-state index contributed by atoms with van der Waals surface area (Å²) in [5, 5.41) is 15.1. The molecule has 0 saturated carbocycles. The van der Waals surface area contributed by atoms with E-state index in [9.17, 15) is 4.79 Å². The van der Waals surface area contributed by atoms with E-state index in [0.29, 0.717) is 22.8 Å². The Morgan fingerprint density at radius 1 is 1.24 bits per heavy atom. The molecule has 0 aromatic heterocycles. The van der Waals surface area contributed by atoms with Gasteiger partial charge in [-0.2, -0.15) is 5.26 Å². The maximum absolute atomic E-state index is 11.0. The lowest BCUT2D eigenvalue weighted by Crippen LogP contribution is -2.06. The topological polar surface area (TPSA) is 64.9 Å². The van der Waals surface area contributed by atoms with Crippen LogP contribution in [-0.4, -0.2) is 5.91 Å². The smallest absolute Gasteiger partial charge is 0.221 e. The van der Waals surface area contributed by atoms with Crippen molar-refractivity contribution >= 4 is 28.9 Å². The van der Waals surface area contributed by atoms with E-state index < -0.39 is 0 Å². The van der Waals surface area contributed by atoms with E-state index in [2.05, 4.69) is 16.7 Å². The number of amides is 1. The molecule has 2 rings (SSSR count). The van der Waals surface area contributed by atoms with Crippen LogP contribution in [0.3, 0.4) is 0 Å². The highest BCUT2D eigenvalue weighted by atomic mass is 35.5. The molecule has 0 saturated heterocycles. The summed E-state index contributed by atoms with van der Waals surface area (Å²) < 4.78 is 0. The second kappa shape index (κ2) is 6.78. The Labute approximate surface area is 128 Å². The number of halogens is 1. The zero-order valence-electron chi connectivity index (χ0n) is 11.5. The number of nitrogens with zero attached hydrogens (tertiary/aromatic N) is 1. The van der Waals surface area contributed by atoms with Gasteiger partial charge in [-0.05, 0) is 35.9 Å². The lowest BCUT2D eigenvalue weighted by atomic mass is 10.1. The van der Waals surface area contributed by atoms with Gasteiger partial charge >= 0.3 is 0 Å². The summed E-state index contributed by atoms with van der Waals surface area (Å²) in [6.45, 7) is 2.06. The molecule has 5 heteroatoms. The molecule has 2 aromatic rings. The number of benzene rings is 2. The number of carbonyl (C=O) groups is 1. The number of carbonyl (C=O) groups excluding carboxylic acids is 1. The fraction of sp³-hybridized carbons (Fsp3) is 0.125. The molecule has 0 radical (unpaired) electrons. The van der Waals surface area contributed by atoms with Crippen molar-refractivity contribution in [3.05, 3.63) is 58.6 Å². The first kappa shape index (κ1) is 14.9. The molecule has 21 heavy (non-hydrogen) atoms. The average Bonchev–Trinajstić information content (AvgIpc) is 2.48. The molecule has 0 unspecified atom stereocenters. The van der Waals surface area contributed by atoms with E-state index in [1.165, 1.54) is 6.92 Å². The Kier molecular flexibility index (Phi) is 4.81. The summed E-state index contributed by atoms with van der Waals surface area (Å²) in [6.07, 6.45) is 0. The number of nitrogens with one attached hydrogen (secondary N) is 2. The summed E-state index contributed by atoms with van der Waals surface area (Å²) in [5.41, 5.74) is 3.16. The van der Waals surface area contributed by atoms with Crippen molar-refractivity contribution in [3.63, 3.8) is 0 Å². The second-order valence-corrected chi connectivity index (χ2v) is 4.95. The Bertz CT molecular complexity index is 690. The molecule has 0 spiro atoms. The molecule has 0 heterocycles. The molecule has 2 aromatic carbocycles. The first-order valence-corrected chi connectivity index (χ1v) is 6.76. The zero-order valence-corrected chi connectivity index (χ0v) is 12.2. The van der Waals surface area contributed by atoms with Crippen LogP contribution in [0.15, 0.2) is 42.5 Å². The minimum atomic E-state index is -0.157. The summed E-state index contributed by atoms with van der Waals surface area (Å²) in [5.74, 6) is -0.157. The highest BCUT2D eigenvalue weighted by Gasteiger charge is 2.03. The Morgan fingerprint density at radius 3 is 2.52 bits per heavy atom. The van der Waals surface area contributed by atoms with Crippen LogP contribution in [0.1, 0.15) is 18.1 Å². The summed E-state index contributed by atoms with van der Waals surface area (Å²) >= 11 is 6.10. The standard InChI is InChI=1S/C16H14ClN3O/c1-11(21)20-16-7-6-14(8-15(16)17)19-10-13-4-2-12(9-18)3-5-13/h2-8,19H,10H2,1H3,(H,20,21). The predicted octanol–water partition coefficient (Wildman–Crippen LogP) is 3.78. The van der Waals surface area contributed by atoms with Gasteiger partial charge in [0, 0.05) is 19.2 Å². The second-order valence-electron chi connectivity index (χ2n) is 4.54. The van der Waals surface area contributed by atoms with Crippen LogP contribution in [0.4, 0.5) is 11.4 Å². The molecular formula is C16H14ClN3O. The van der Waals surface area contributed by atoms with Gasteiger partial charge in [-0.3, -0.25) is 4.79 Å². The molecule has 106 valence electrons. The summed E-state index contributed by atoms with van der Waals surface area (Å²) in [7, 11) is 0. The average molecular weight is 300 g/mol. The number of rotatable bonds is 4. The highest BCUT2D eigenvalue weighted by molar-refractivity contribution is 6.34. The Morgan fingerprint density at radius 2 is 1.95 bits per heavy atom. The largest absolute Gasteiger partial charge is 0.381 e. The van der Waals surface area contributed by atoms with E-state index in [1.807, 2.05) is 18.2 Å². The maximum Gasteiger partial charge on any atom is 0.221 e. The minimum absolute atomic E-state index is 0.157. The van der Waals surface area contributed by atoms with Gasteiger partial charge in [-0.1, -0.05) is 23.7 Å². The predicted molar refractivity (Wildman–Crippen MR) is 84.2 cm³/mol. The molecule has 0 aliphatic carbocycles. The Hall–Kier alpha value is -2.51. The number of nitriles is 1. The van der Waals surface area contributed by atoms with E-state index in [1.54, 1.807) is 24.3 Å². The fourth-order valence-electron chi connectivity index (χ4n) is 1.82. The lowest BCUT2D eigenvalue weighted by molar-refractivity contribution is -0.114. The van der Waals surface area contributed by atoms with E-state index in [4.69, 9.17) is 16.9 Å². The van der Waals surface area contributed by atoms with Crippen LogP contribution in [0.25, 0.3) is 0 Å². The van der Waals surface area contributed by atoms with Crippen molar-refractivity contribution in [2.45, 2.75) is 13.5 Å². The normalized spacial score (nSPS) is 9.76. The monoisotopic (exact) mass is 299 g/mol. The molecule has 1 amide bonds. The SMILES string of the molecule is CC(=O)Nc1ccc(NCc2ccc(C#N)cc2)cc1Cl. The molecule has 0 aliphatic rings. The third-order valence-electron chi connectivity index (χ3n) is 2.86. The van der Waals surface area contributed by atoms with E-state index in [-0.39, 0.29) is 5.91 Å². The number of hydrogen-bond donors (Lipinski definition) is 2. The molecule has 0 fully saturated rings. The van der Waals surface area contributed by atoms with Crippen molar-refractivity contribution in [3.8, 4) is 6.07 Å². The first-order valence-electron chi connectivity index (χ1n) is 6.38. The van der Waals surface area contributed by atoms with E-state index in [0.717, 1.165) is 11.3 Å². The minimum Gasteiger partial charge on any atom is -0.381 e. The van der Waals surface area contributed by atoms with Gasteiger partial charge in [0.15, 0.2) is 0 Å². The van der Waals surface area contributed by atoms with Crippen LogP contribution >= 0.6 is 11.6 Å². The van der Waals surface area contributed by atoms with Crippen LogP contribution < -0.4 is 10.6 Å². The van der Waals surface area contributed by atoms with Gasteiger partial charge < -0.3 is 10.6 Å². The van der Waals surface area contributed by atoms with Gasteiger partial charge in [-0.25, -0.2) is 0 Å². The van der Waals surface area contributed by atoms with Crippen LogP contribution in [0.2, 0.25) is 5.02 Å². The van der Waals surface area contributed by atoms with Crippen molar-refractivity contribution in [2.75, 3.05) is 10.6 Å². The van der Waals surface area contributed by atoms with Gasteiger partial charge in [0.25, 0.3) is 0 Å². The van der Waals surface area contributed by atoms with Crippen molar-refractivity contribution in [1.29, 1.82) is 5.26 Å². The van der Waals surface area contributed by atoms with Crippen molar-refractivity contribution < 1.29 is 4.79 Å². The molecule has 0 aliphatic heterocycles. The summed E-state index contributed by atoms with van der Waals surface area (Å²) in [6, 6.07) is 14.8. The molecule has 0 atom stereocenters. The third-order valence-corrected chi connectivity index (χ3v) is 3.17. The lowest BCUT2D eigenvalue weighted by Gasteiger charge is -2.10. The van der Waals surface area contributed by atoms with Crippen molar-refractivity contribution in [1.82, 2.24) is 0 Å². The zero-order chi connectivity index (χ0) is 15.2. The van der Waals surface area contributed by atoms with Gasteiger partial charge in [0.2, 0.25) is 5.91 Å².